The molecule has 1 N–H and O–H groups in total. The zero-order chi connectivity index (χ0) is 11.8. The number of fused-ring (bicyclic) bond motifs is 3. The van der Waals surface area contributed by atoms with Gasteiger partial charge in [-0.3, -0.25) is 0 Å². The van der Waals surface area contributed by atoms with Gasteiger partial charge in [-0.15, -0.1) is 0 Å². The molecule has 17 heavy (non-hydrogen) atoms. The minimum atomic E-state index is 0.706. The van der Waals surface area contributed by atoms with Gasteiger partial charge in [-0.25, -0.2) is 0 Å². The zero-order valence-electron chi connectivity index (χ0n) is 10.6. The van der Waals surface area contributed by atoms with Gasteiger partial charge in [0.2, 0.25) is 0 Å². The number of para-hydroxylation sites is 1. The van der Waals surface area contributed by atoms with Gasteiger partial charge in [-0.2, -0.15) is 0 Å². The van der Waals surface area contributed by atoms with Crippen molar-refractivity contribution in [1.29, 1.82) is 0 Å². The third-order valence-corrected chi connectivity index (χ3v) is 4.16. The summed E-state index contributed by atoms with van der Waals surface area (Å²) in [5.41, 5.74) is 2.68. The molecule has 0 aromatic heterocycles. The van der Waals surface area contributed by atoms with Gasteiger partial charge in [-0.1, -0.05) is 12.1 Å². The van der Waals surface area contributed by atoms with E-state index in [2.05, 4.69) is 29.4 Å². The fraction of sp³-hybridized carbons (Fsp3) is 0.571. The molecule has 0 amide bonds. The van der Waals surface area contributed by atoms with Gasteiger partial charge in [0, 0.05) is 13.1 Å². The molecule has 2 unspecified atom stereocenters. The van der Waals surface area contributed by atoms with Crippen LogP contribution in [0.1, 0.15) is 17.9 Å². The van der Waals surface area contributed by atoms with Crippen LogP contribution in [-0.4, -0.2) is 38.7 Å². The van der Waals surface area contributed by atoms with Crippen LogP contribution < -0.4 is 10.1 Å². The molecule has 3 nitrogen and oxygen atoms in total. The van der Waals surface area contributed by atoms with Crippen LogP contribution in [-0.2, 0) is 0 Å². The van der Waals surface area contributed by atoms with Gasteiger partial charge in [0.1, 0.15) is 5.75 Å². The summed E-state index contributed by atoms with van der Waals surface area (Å²) in [4.78, 5) is 2.44. The molecule has 0 saturated carbocycles. The number of ether oxygens (including phenoxy) is 1. The van der Waals surface area contributed by atoms with Crippen LogP contribution >= 0.6 is 0 Å². The predicted octanol–water partition coefficient (Wildman–Crippen LogP) is 2.16. The molecule has 1 fully saturated rings. The van der Waals surface area contributed by atoms with E-state index in [9.17, 15) is 0 Å². The Labute approximate surface area is 103 Å². The molecule has 2 atom stereocenters. The second-order valence-electron chi connectivity index (χ2n) is 5.22. The number of nitrogens with zero attached hydrogens (tertiary/aromatic N) is 1. The second kappa shape index (κ2) is 4.22. The quantitative estimate of drug-likeness (QED) is 0.803. The SMILES string of the molecule is COc1cccc2c1NCC1CN(C)CCC21. The molecular weight excluding hydrogens is 212 g/mol. The van der Waals surface area contributed by atoms with Gasteiger partial charge >= 0.3 is 0 Å². The van der Waals surface area contributed by atoms with Crippen molar-refractivity contribution in [3.05, 3.63) is 23.8 Å². The highest BCUT2D eigenvalue weighted by Gasteiger charge is 2.34. The van der Waals surface area contributed by atoms with E-state index in [4.69, 9.17) is 4.74 Å². The third-order valence-electron chi connectivity index (χ3n) is 4.16. The Hall–Kier alpha value is -1.22. The largest absolute Gasteiger partial charge is 0.495 e. The molecule has 2 aliphatic heterocycles. The minimum Gasteiger partial charge on any atom is -0.495 e. The average molecular weight is 232 g/mol. The molecule has 1 aromatic carbocycles. The van der Waals surface area contributed by atoms with E-state index < -0.39 is 0 Å². The lowest BCUT2D eigenvalue weighted by atomic mass is 9.77. The number of anilines is 1. The summed E-state index contributed by atoms with van der Waals surface area (Å²) >= 11 is 0. The van der Waals surface area contributed by atoms with E-state index in [1.165, 1.54) is 30.8 Å². The number of piperidine rings is 1. The maximum atomic E-state index is 5.44. The van der Waals surface area contributed by atoms with Gasteiger partial charge in [-0.05, 0) is 43.5 Å². The van der Waals surface area contributed by atoms with Crippen LogP contribution in [0.4, 0.5) is 5.69 Å². The highest BCUT2D eigenvalue weighted by molar-refractivity contribution is 5.65. The molecule has 0 radical (unpaired) electrons. The Morgan fingerprint density at radius 2 is 2.29 bits per heavy atom. The summed E-state index contributed by atoms with van der Waals surface area (Å²) in [5, 5.41) is 3.55. The number of methoxy groups -OCH3 is 1. The molecular formula is C14H20N2O. The minimum absolute atomic E-state index is 0.706. The predicted molar refractivity (Wildman–Crippen MR) is 69.8 cm³/mol. The van der Waals surface area contributed by atoms with Crippen molar-refractivity contribution in [2.45, 2.75) is 12.3 Å². The van der Waals surface area contributed by atoms with Gasteiger partial charge in [0.25, 0.3) is 0 Å². The van der Waals surface area contributed by atoms with Crippen molar-refractivity contribution in [3.63, 3.8) is 0 Å². The molecule has 2 aliphatic rings. The first-order chi connectivity index (χ1) is 8.29. The molecule has 0 aliphatic carbocycles. The first-order valence-electron chi connectivity index (χ1n) is 6.39. The Balaban J connectivity index is 1.97. The molecule has 0 bridgehead atoms. The van der Waals surface area contributed by atoms with Gasteiger partial charge in [0.15, 0.2) is 0 Å². The highest BCUT2D eigenvalue weighted by Crippen LogP contribution is 2.43. The lowest BCUT2D eigenvalue weighted by molar-refractivity contribution is 0.187. The van der Waals surface area contributed by atoms with Crippen LogP contribution in [0.5, 0.6) is 5.75 Å². The number of likely N-dealkylation sites (tertiary alicyclic amines) is 1. The van der Waals surface area contributed by atoms with E-state index in [0.29, 0.717) is 5.92 Å². The summed E-state index contributed by atoms with van der Waals surface area (Å²) in [6, 6.07) is 6.41. The molecule has 2 heterocycles. The smallest absolute Gasteiger partial charge is 0.142 e. The van der Waals surface area contributed by atoms with Crippen LogP contribution in [0, 0.1) is 5.92 Å². The van der Waals surface area contributed by atoms with Crippen molar-refractivity contribution >= 4 is 5.69 Å². The van der Waals surface area contributed by atoms with E-state index in [1.54, 1.807) is 7.11 Å². The van der Waals surface area contributed by atoms with Crippen molar-refractivity contribution in [2.24, 2.45) is 5.92 Å². The summed E-state index contributed by atoms with van der Waals surface area (Å²) in [6.45, 7) is 3.48. The molecule has 1 aromatic rings. The first kappa shape index (κ1) is 10.9. The van der Waals surface area contributed by atoms with Crippen LogP contribution in [0.15, 0.2) is 18.2 Å². The van der Waals surface area contributed by atoms with E-state index in [-0.39, 0.29) is 0 Å². The summed E-state index contributed by atoms with van der Waals surface area (Å²) in [5.74, 6) is 2.44. The fourth-order valence-electron chi connectivity index (χ4n) is 3.28. The Bertz CT molecular complexity index is 419. The number of benzene rings is 1. The molecule has 3 rings (SSSR count). The maximum Gasteiger partial charge on any atom is 0.142 e. The Kier molecular flexibility index (Phi) is 2.71. The summed E-state index contributed by atoms with van der Waals surface area (Å²) in [7, 11) is 3.97. The molecule has 0 spiro atoms. The highest BCUT2D eigenvalue weighted by atomic mass is 16.5. The number of nitrogens with one attached hydrogen (secondary N) is 1. The Morgan fingerprint density at radius 3 is 3.12 bits per heavy atom. The standard InChI is InChI=1S/C14H20N2O/c1-16-7-6-11-10(9-16)8-15-14-12(11)4-3-5-13(14)17-2/h3-5,10-11,15H,6-9H2,1-2H3. The summed E-state index contributed by atoms with van der Waals surface area (Å²) < 4.78 is 5.44. The van der Waals surface area contributed by atoms with Crippen LogP contribution in [0.25, 0.3) is 0 Å². The Morgan fingerprint density at radius 1 is 1.41 bits per heavy atom. The van der Waals surface area contributed by atoms with Crippen molar-refractivity contribution in [1.82, 2.24) is 4.90 Å². The second-order valence-corrected chi connectivity index (χ2v) is 5.22. The maximum absolute atomic E-state index is 5.44. The van der Waals surface area contributed by atoms with Gasteiger partial charge in [0.05, 0.1) is 12.8 Å². The number of hydrogen-bond donors (Lipinski definition) is 1. The lowest BCUT2D eigenvalue weighted by Crippen LogP contribution is -2.42. The van der Waals surface area contributed by atoms with Crippen molar-refractivity contribution < 1.29 is 4.74 Å². The van der Waals surface area contributed by atoms with Crippen LogP contribution in [0.2, 0.25) is 0 Å². The zero-order valence-corrected chi connectivity index (χ0v) is 10.6. The molecule has 92 valence electrons. The molecule has 3 heteroatoms. The van der Waals surface area contributed by atoms with Gasteiger partial charge < -0.3 is 15.0 Å². The van der Waals surface area contributed by atoms with Crippen LogP contribution in [0.3, 0.4) is 0 Å². The fourth-order valence-corrected chi connectivity index (χ4v) is 3.28. The average Bonchev–Trinajstić information content (AvgIpc) is 2.37. The van der Waals surface area contributed by atoms with E-state index in [0.717, 1.165) is 18.2 Å². The van der Waals surface area contributed by atoms with Crippen molar-refractivity contribution in [3.8, 4) is 5.75 Å². The van der Waals surface area contributed by atoms with E-state index in [1.807, 2.05) is 6.07 Å². The lowest BCUT2D eigenvalue weighted by Gasteiger charge is -2.41. The number of hydrogen-bond acceptors (Lipinski definition) is 3. The number of rotatable bonds is 1. The van der Waals surface area contributed by atoms with E-state index >= 15 is 0 Å². The monoisotopic (exact) mass is 232 g/mol. The summed E-state index contributed by atoms with van der Waals surface area (Å²) in [6.07, 6.45) is 1.27. The third kappa shape index (κ3) is 1.78. The normalized spacial score (nSPS) is 27.9. The molecule has 1 saturated heterocycles. The first-order valence-corrected chi connectivity index (χ1v) is 6.39. The topological polar surface area (TPSA) is 24.5 Å². The van der Waals surface area contributed by atoms with Crippen molar-refractivity contribution in [2.75, 3.05) is 39.1 Å².